The van der Waals surface area contributed by atoms with Gasteiger partial charge >= 0.3 is 0 Å². The van der Waals surface area contributed by atoms with Gasteiger partial charge in [0, 0.05) is 13.2 Å². The fourth-order valence-corrected chi connectivity index (χ4v) is 4.67. The third-order valence-corrected chi connectivity index (χ3v) is 5.55. The summed E-state index contributed by atoms with van der Waals surface area (Å²) >= 11 is 0. The summed E-state index contributed by atoms with van der Waals surface area (Å²) in [7, 11) is 0. The summed E-state index contributed by atoms with van der Waals surface area (Å²) in [4.78, 5) is 0. The summed E-state index contributed by atoms with van der Waals surface area (Å²) in [5.41, 5.74) is 6.67. The lowest BCUT2D eigenvalue weighted by atomic mass is 9.67. The van der Waals surface area contributed by atoms with E-state index in [2.05, 4.69) is 0 Å². The molecule has 0 radical (unpaired) electrons. The van der Waals surface area contributed by atoms with Crippen molar-refractivity contribution >= 4 is 0 Å². The van der Waals surface area contributed by atoms with E-state index in [-0.39, 0.29) is 0 Å². The van der Waals surface area contributed by atoms with Crippen LogP contribution in [0.2, 0.25) is 0 Å². The van der Waals surface area contributed by atoms with Crippen molar-refractivity contribution in [2.75, 3.05) is 19.8 Å². The molecule has 2 saturated carbocycles. The van der Waals surface area contributed by atoms with Crippen LogP contribution in [0.25, 0.3) is 0 Å². The van der Waals surface area contributed by atoms with Gasteiger partial charge in [-0.15, -0.1) is 0 Å². The monoisotopic (exact) mass is 223 g/mol. The standard InChI is InChI=1S/C14H25NO/c15-10-14(8-11-3-5-16-6-4-11)9-12-1-2-13(14)7-12/h11-13H,1-10,15H2. The zero-order valence-electron chi connectivity index (χ0n) is 10.3. The van der Waals surface area contributed by atoms with Crippen molar-refractivity contribution in [3.63, 3.8) is 0 Å². The van der Waals surface area contributed by atoms with Crippen LogP contribution in [0.5, 0.6) is 0 Å². The highest BCUT2D eigenvalue weighted by atomic mass is 16.5. The predicted octanol–water partition coefficient (Wildman–Crippen LogP) is 2.57. The molecule has 16 heavy (non-hydrogen) atoms. The molecular formula is C14H25NO. The van der Waals surface area contributed by atoms with E-state index in [9.17, 15) is 0 Å². The Hall–Kier alpha value is -0.0800. The SMILES string of the molecule is NCC1(CC2CCOCC2)CC2CCC1C2. The number of hydrogen-bond acceptors (Lipinski definition) is 2. The second kappa shape index (κ2) is 4.30. The lowest BCUT2D eigenvalue weighted by Crippen LogP contribution is -2.38. The van der Waals surface area contributed by atoms with E-state index in [1.54, 1.807) is 0 Å². The third-order valence-electron chi connectivity index (χ3n) is 5.55. The van der Waals surface area contributed by atoms with Gasteiger partial charge in [0.1, 0.15) is 0 Å². The number of nitrogens with two attached hydrogens (primary N) is 1. The molecule has 1 saturated heterocycles. The first kappa shape index (κ1) is 11.0. The number of ether oxygens (including phenoxy) is 1. The van der Waals surface area contributed by atoms with Crippen LogP contribution in [0.4, 0.5) is 0 Å². The summed E-state index contributed by atoms with van der Waals surface area (Å²) in [6, 6.07) is 0. The van der Waals surface area contributed by atoms with Gasteiger partial charge in [-0.25, -0.2) is 0 Å². The third kappa shape index (κ3) is 1.80. The quantitative estimate of drug-likeness (QED) is 0.798. The molecule has 92 valence electrons. The molecule has 0 aromatic heterocycles. The molecule has 3 rings (SSSR count). The average molecular weight is 223 g/mol. The Kier molecular flexibility index (Phi) is 2.97. The predicted molar refractivity (Wildman–Crippen MR) is 65.1 cm³/mol. The van der Waals surface area contributed by atoms with Crippen LogP contribution in [0.3, 0.4) is 0 Å². The molecule has 2 bridgehead atoms. The smallest absolute Gasteiger partial charge is 0.0468 e. The molecule has 2 heteroatoms. The zero-order chi connectivity index (χ0) is 11.0. The molecule has 3 aliphatic rings. The summed E-state index contributed by atoms with van der Waals surface area (Å²) in [5, 5.41) is 0. The summed E-state index contributed by atoms with van der Waals surface area (Å²) < 4.78 is 5.46. The molecule has 1 aliphatic heterocycles. The molecule has 0 spiro atoms. The van der Waals surface area contributed by atoms with E-state index in [0.29, 0.717) is 5.41 Å². The molecular weight excluding hydrogens is 198 g/mol. The van der Waals surface area contributed by atoms with Crippen LogP contribution in [-0.4, -0.2) is 19.8 Å². The van der Waals surface area contributed by atoms with Gasteiger partial charge in [-0.3, -0.25) is 0 Å². The number of hydrogen-bond donors (Lipinski definition) is 1. The van der Waals surface area contributed by atoms with Gasteiger partial charge in [0.2, 0.25) is 0 Å². The Morgan fingerprint density at radius 1 is 1.12 bits per heavy atom. The van der Waals surface area contributed by atoms with E-state index in [0.717, 1.165) is 37.5 Å². The van der Waals surface area contributed by atoms with Crippen molar-refractivity contribution in [1.29, 1.82) is 0 Å². The lowest BCUT2D eigenvalue weighted by Gasteiger charge is -2.40. The highest BCUT2D eigenvalue weighted by Crippen LogP contribution is 2.58. The van der Waals surface area contributed by atoms with Crippen molar-refractivity contribution < 1.29 is 4.74 Å². The van der Waals surface area contributed by atoms with Crippen molar-refractivity contribution in [3.8, 4) is 0 Å². The summed E-state index contributed by atoms with van der Waals surface area (Å²) in [6.45, 7) is 2.91. The Balaban J connectivity index is 1.66. The second-order valence-electron chi connectivity index (χ2n) is 6.41. The first-order valence-corrected chi connectivity index (χ1v) is 7.10. The Bertz CT molecular complexity index is 249. The van der Waals surface area contributed by atoms with Crippen molar-refractivity contribution in [1.82, 2.24) is 0 Å². The minimum Gasteiger partial charge on any atom is -0.381 e. The maximum Gasteiger partial charge on any atom is 0.0468 e. The summed E-state index contributed by atoms with van der Waals surface area (Å²) in [5.74, 6) is 2.88. The molecule has 2 aliphatic carbocycles. The second-order valence-corrected chi connectivity index (χ2v) is 6.41. The molecule has 0 aromatic carbocycles. The van der Waals surface area contributed by atoms with Crippen molar-refractivity contribution in [3.05, 3.63) is 0 Å². The lowest BCUT2D eigenvalue weighted by molar-refractivity contribution is 0.0347. The van der Waals surface area contributed by atoms with E-state index in [1.165, 1.54) is 44.9 Å². The van der Waals surface area contributed by atoms with Crippen LogP contribution in [-0.2, 0) is 4.74 Å². The Morgan fingerprint density at radius 2 is 1.94 bits per heavy atom. The van der Waals surface area contributed by atoms with Crippen molar-refractivity contribution in [2.24, 2.45) is 28.9 Å². The van der Waals surface area contributed by atoms with Gasteiger partial charge < -0.3 is 10.5 Å². The van der Waals surface area contributed by atoms with E-state index >= 15 is 0 Å². The molecule has 0 amide bonds. The van der Waals surface area contributed by atoms with Crippen molar-refractivity contribution in [2.45, 2.75) is 44.9 Å². The first-order valence-electron chi connectivity index (χ1n) is 7.10. The Labute approximate surface area is 98.9 Å². The maximum absolute atomic E-state index is 6.14. The van der Waals surface area contributed by atoms with Crippen LogP contribution in [0.15, 0.2) is 0 Å². The molecule has 3 atom stereocenters. The van der Waals surface area contributed by atoms with Crippen LogP contribution >= 0.6 is 0 Å². The topological polar surface area (TPSA) is 35.2 Å². The highest BCUT2D eigenvalue weighted by molar-refractivity contribution is 5.01. The van der Waals surface area contributed by atoms with Gasteiger partial charge in [0.05, 0.1) is 0 Å². The zero-order valence-corrected chi connectivity index (χ0v) is 10.3. The number of rotatable bonds is 3. The van der Waals surface area contributed by atoms with E-state index in [1.807, 2.05) is 0 Å². The minimum atomic E-state index is 0.533. The number of fused-ring (bicyclic) bond motifs is 2. The largest absolute Gasteiger partial charge is 0.381 e. The minimum absolute atomic E-state index is 0.533. The van der Waals surface area contributed by atoms with Gasteiger partial charge in [-0.05, 0) is 68.2 Å². The van der Waals surface area contributed by atoms with Crippen LogP contribution in [0.1, 0.15) is 44.9 Å². The van der Waals surface area contributed by atoms with Gasteiger partial charge in [0.15, 0.2) is 0 Å². The van der Waals surface area contributed by atoms with Gasteiger partial charge in [-0.2, -0.15) is 0 Å². The molecule has 0 aromatic rings. The molecule has 2 N–H and O–H groups in total. The van der Waals surface area contributed by atoms with E-state index in [4.69, 9.17) is 10.5 Å². The fraction of sp³-hybridized carbons (Fsp3) is 1.00. The summed E-state index contributed by atoms with van der Waals surface area (Å²) in [6.07, 6.45) is 9.82. The molecule has 3 fully saturated rings. The molecule has 3 unspecified atom stereocenters. The molecule has 1 heterocycles. The highest BCUT2D eigenvalue weighted by Gasteiger charge is 2.50. The normalized spacial score (nSPS) is 44.1. The van der Waals surface area contributed by atoms with Crippen LogP contribution < -0.4 is 5.73 Å². The van der Waals surface area contributed by atoms with E-state index < -0.39 is 0 Å². The maximum atomic E-state index is 6.14. The van der Waals surface area contributed by atoms with Gasteiger partial charge in [-0.1, -0.05) is 6.42 Å². The first-order chi connectivity index (χ1) is 7.82. The fourth-order valence-electron chi connectivity index (χ4n) is 4.67. The average Bonchev–Trinajstić information content (AvgIpc) is 2.91. The Morgan fingerprint density at radius 3 is 2.50 bits per heavy atom. The van der Waals surface area contributed by atoms with Gasteiger partial charge in [0.25, 0.3) is 0 Å². The van der Waals surface area contributed by atoms with Crippen LogP contribution in [0, 0.1) is 23.2 Å². The molecule has 2 nitrogen and oxygen atoms in total.